The van der Waals surface area contributed by atoms with Crippen LogP contribution in [0.1, 0.15) is 339 Å². The maximum atomic E-state index is 13.4. The molecule has 0 aliphatic heterocycles. The number of nitrogens with zero attached hydrogens (tertiary/aromatic N) is 6. The average Bonchev–Trinajstić information content (AvgIpc) is 0.825. The van der Waals surface area contributed by atoms with Gasteiger partial charge in [0.25, 0.3) is 0 Å². The second-order valence-corrected chi connectivity index (χ2v) is 34.8. The smallest absolute Gasteiger partial charge is 0.419 e. The number of aromatic nitrogens is 2. The molecule has 10 aromatic rings. The van der Waals surface area contributed by atoms with Crippen molar-refractivity contribution in [2.45, 2.75) is 272 Å². The van der Waals surface area contributed by atoms with Gasteiger partial charge in [0, 0.05) is 17.4 Å². The van der Waals surface area contributed by atoms with Crippen LogP contribution in [0, 0.1) is 111 Å². The van der Waals surface area contributed by atoms with Crippen LogP contribution in [0.3, 0.4) is 0 Å². The number of hydrogen-bond acceptors (Lipinski definition) is 7. The summed E-state index contributed by atoms with van der Waals surface area (Å²) < 4.78 is 157. The molecule has 0 amide bonds. The first kappa shape index (κ1) is 117. The number of alkyl halides is 9. The van der Waals surface area contributed by atoms with E-state index in [0.29, 0.717) is 62.0 Å². The molecule has 0 saturated carbocycles. The molecule has 0 aliphatic rings. The normalized spacial score (nSPS) is 10.8. The Balaban J connectivity index is 0.00000139. The largest absolute Gasteiger partial charge is 0.496 e. The molecule has 0 atom stereocenters. The molecule has 0 unspecified atom stereocenters. The van der Waals surface area contributed by atoms with Gasteiger partial charge in [-0.25, -0.2) is 23.1 Å². The molecule has 0 bridgehead atoms. The number of nitriles is 4. The zero-order chi connectivity index (χ0) is 97.1. The van der Waals surface area contributed by atoms with Gasteiger partial charge in [0.2, 0.25) is 0 Å². The third kappa shape index (κ3) is 39.7. The lowest BCUT2D eigenvalue weighted by Gasteiger charge is -2.13. The molecule has 0 aliphatic carbocycles. The maximum absolute atomic E-state index is 13.4. The van der Waals surface area contributed by atoms with Crippen molar-refractivity contribution in [3.05, 3.63) is 329 Å². The van der Waals surface area contributed by atoms with Crippen LogP contribution in [0.4, 0.5) is 52.7 Å². The van der Waals surface area contributed by atoms with E-state index in [0.717, 1.165) is 50.2 Å². The Hall–Kier alpha value is -9.86. The predicted molar refractivity (Wildman–Crippen MR) is 501 cm³/mol. The Morgan fingerprint density at radius 1 is 0.299 bits per heavy atom. The molecule has 0 fully saturated rings. The predicted octanol–water partition coefficient (Wildman–Crippen LogP) is 35.3. The first-order valence-electron chi connectivity index (χ1n) is 41.2. The zero-order valence-corrected chi connectivity index (χ0v) is 80.4. The third-order valence-corrected chi connectivity index (χ3v) is 21.2. The molecule has 2 aromatic heterocycles. The summed E-state index contributed by atoms with van der Waals surface area (Å²) in [7, 11) is 1.71. The number of aryl methyl sites for hydroxylation is 7. The monoisotopic (exact) mass is 1840 g/mol. The topological polar surface area (TPSA) is 130 Å². The first-order valence-corrected chi connectivity index (χ1v) is 42.7. The van der Waals surface area contributed by atoms with Gasteiger partial charge < -0.3 is 4.74 Å². The van der Waals surface area contributed by atoms with Gasteiger partial charge in [0.15, 0.2) is 11.4 Å². The maximum Gasteiger partial charge on any atom is 0.419 e. The van der Waals surface area contributed by atoms with E-state index in [9.17, 15) is 52.7 Å². The highest BCUT2D eigenvalue weighted by Crippen LogP contribution is 2.38. The second kappa shape index (κ2) is 55.1. The minimum Gasteiger partial charge on any atom is -0.496 e. The summed E-state index contributed by atoms with van der Waals surface area (Å²) in [5.41, 5.74) is 13.7. The van der Waals surface area contributed by atoms with Crippen LogP contribution in [0.2, 0.25) is 20.1 Å². The first-order chi connectivity index (χ1) is 58.3. The molecule has 2 heterocycles. The average molecular weight is 1840 g/mol. The van der Waals surface area contributed by atoms with E-state index < -0.39 is 46.7 Å². The molecular formula is C104H124Cl4F12N6O. The van der Waals surface area contributed by atoms with Crippen LogP contribution in [-0.2, 0) is 18.5 Å². The molecule has 10 rings (SSSR count). The minimum atomic E-state index is -4.52. The van der Waals surface area contributed by atoms with Gasteiger partial charge in [-0.1, -0.05) is 277 Å². The zero-order valence-electron chi connectivity index (χ0n) is 77.4. The summed E-state index contributed by atoms with van der Waals surface area (Å²) in [6.07, 6.45) is -10.0. The Bertz CT molecular complexity index is 5080. The van der Waals surface area contributed by atoms with E-state index in [1.807, 2.05) is 98.7 Å². The van der Waals surface area contributed by atoms with Crippen molar-refractivity contribution in [3.8, 4) is 30.0 Å². The summed E-state index contributed by atoms with van der Waals surface area (Å²) in [4.78, 5) is 7.43. The summed E-state index contributed by atoms with van der Waals surface area (Å²) in [5.74, 6) is 2.97. The number of hydrogen-bond donors (Lipinski definition) is 0. The van der Waals surface area contributed by atoms with Crippen molar-refractivity contribution in [2.24, 2.45) is 0 Å². The van der Waals surface area contributed by atoms with E-state index in [1.54, 1.807) is 70.5 Å². The Labute approximate surface area is 768 Å². The molecule has 0 spiro atoms. The van der Waals surface area contributed by atoms with Gasteiger partial charge in [0.1, 0.15) is 47.5 Å². The molecule has 23 heteroatoms. The second-order valence-electron chi connectivity index (χ2n) is 33.2. The Morgan fingerprint density at radius 2 is 0.638 bits per heavy atom. The van der Waals surface area contributed by atoms with Crippen molar-refractivity contribution >= 4 is 46.4 Å². The van der Waals surface area contributed by atoms with Crippen molar-refractivity contribution in [2.75, 3.05) is 7.11 Å². The number of benzene rings is 8. The number of ether oxygens (including phenoxy) is 1. The number of methoxy groups -OCH3 is 1. The third-order valence-electron chi connectivity index (χ3n) is 19.8. The van der Waals surface area contributed by atoms with E-state index >= 15 is 0 Å². The highest BCUT2D eigenvalue weighted by atomic mass is 35.5. The lowest BCUT2D eigenvalue weighted by molar-refractivity contribution is -0.138. The SMILES string of the molecule is C.CC(C)c1cc(Cl)c(C#N)cc1F.CC(C)c1ccc(C#N)c(Cl)c1F.CC(C)c1cnc(C#N)c(C(F)(F)F)c1.CC(C)c1cnc(C#N)c(Cl)c1.COc1cc(C(C)C)ccc1C.Cc1ccc(C(C)C)cc1C.Cc1ccc(C(C)C)cc1C(F)(F)F.Cc1ccc(C(C)C)cc1C(F)(F)F.Cc1ccc(C(C)C)cc1Cl.Cc1ccc(C(C)C)cc1F. The van der Waals surface area contributed by atoms with Gasteiger partial charge in [0.05, 0.1) is 50.0 Å². The van der Waals surface area contributed by atoms with Gasteiger partial charge >= 0.3 is 18.5 Å². The molecule has 127 heavy (non-hydrogen) atoms. The number of rotatable bonds is 11. The van der Waals surface area contributed by atoms with Crippen LogP contribution in [-0.4, -0.2) is 17.1 Å². The van der Waals surface area contributed by atoms with E-state index in [1.165, 1.54) is 95.9 Å². The van der Waals surface area contributed by atoms with Crippen LogP contribution in [0.15, 0.2) is 158 Å². The van der Waals surface area contributed by atoms with Gasteiger partial charge in [-0.05, 0) is 263 Å². The molecule has 0 radical (unpaired) electrons. The number of halogens is 16. The fraction of sp³-hybridized carbons (Fsp3) is 0.404. The van der Waals surface area contributed by atoms with Crippen molar-refractivity contribution < 1.29 is 57.4 Å². The fourth-order valence-electron chi connectivity index (χ4n) is 11.0. The molecular weight excluding hydrogens is 1720 g/mol. The molecule has 0 saturated heterocycles. The fourth-order valence-corrected chi connectivity index (χ4v) is 11.8. The van der Waals surface area contributed by atoms with Crippen molar-refractivity contribution in [3.63, 3.8) is 0 Å². The minimum absolute atomic E-state index is 0. The summed E-state index contributed by atoms with van der Waals surface area (Å²) >= 11 is 23.1. The van der Waals surface area contributed by atoms with Gasteiger partial charge in [-0.15, -0.1) is 0 Å². The lowest BCUT2D eigenvalue weighted by atomic mass is 9.98. The lowest BCUT2D eigenvalue weighted by Crippen LogP contribution is -2.10. The Kier molecular flexibility index (Phi) is 50.8. The molecule has 7 nitrogen and oxygen atoms in total. The molecule has 688 valence electrons. The van der Waals surface area contributed by atoms with Gasteiger partial charge in [-0.2, -0.15) is 60.6 Å². The van der Waals surface area contributed by atoms with E-state index in [2.05, 4.69) is 149 Å². The summed E-state index contributed by atoms with van der Waals surface area (Å²) in [5, 5.41) is 35.7. The van der Waals surface area contributed by atoms with Crippen LogP contribution in [0.25, 0.3) is 0 Å². The van der Waals surface area contributed by atoms with Crippen molar-refractivity contribution in [1.82, 2.24) is 9.97 Å². The van der Waals surface area contributed by atoms with Crippen LogP contribution < -0.4 is 4.74 Å². The van der Waals surface area contributed by atoms with Crippen LogP contribution in [0.5, 0.6) is 5.75 Å². The van der Waals surface area contributed by atoms with E-state index in [-0.39, 0.29) is 75.9 Å². The van der Waals surface area contributed by atoms with E-state index in [4.69, 9.17) is 72.2 Å². The highest BCUT2D eigenvalue weighted by molar-refractivity contribution is 6.32. The Morgan fingerprint density at radius 3 is 0.992 bits per heavy atom. The molecule has 8 aromatic carbocycles. The molecule has 0 N–H and O–H groups in total. The van der Waals surface area contributed by atoms with Crippen LogP contribution >= 0.6 is 46.4 Å². The van der Waals surface area contributed by atoms with Gasteiger partial charge in [-0.3, -0.25) is 0 Å². The quantitative estimate of drug-likeness (QED) is 0.118. The highest BCUT2D eigenvalue weighted by Gasteiger charge is 2.36. The number of pyridine rings is 2. The standard InChI is InChI=1S/2C11H13F3.C11H16O.C11H16.2C10H9ClFN.C10H13Cl.C10H9F3N2.C10H13F.C9H9ClN2.CH4/c2*1-7(2)9-5-4-8(3)10(6-9)11(12,13)14;1-8(2)10-6-5-9(3)11(7-10)12-4;1-8(2)11-6-5-9(3)10(4)7-11;1-6(2)8-4-9(11)7(5-13)3-10(8)12;1-6(2)8-4-3-7(5-13)9(11)10(8)12;1-7(2)9-5-4-8(3)10(11)6-9;1-6(2)7-3-8(10(11,12)13)9(4-14)15-5-7;1-7(2)9-5-4-8(3)10(11)6-9;1-6(2)7-3-8(10)9(4-11)12-5-7;/h2*4-7H,1-3H3;5-8H,1-4H3;5-8H,1-4H3;2*3-4,6H,1-2H3;4-7H,1-3H3;3,5-6H,1-2H3;4-7H,1-3H3;3,5-6H,1-2H3;1H4. The summed E-state index contributed by atoms with van der Waals surface area (Å²) in [6.45, 7) is 53.1. The van der Waals surface area contributed by atoms with Crippen molar-refractivity contribution in [1.29, 1.82) is 21.0 Å². The summed E-state index contributed by atoms with van der Waals surface area (Å²) in [6, 6.07) is 49.4.